The third-order valence-electron chi connectivity index (χ3n) is 3.00. The molecule has 0 unspecified atom stereocenters. The van der Waals surface area contributed by atoms with Gasteiger partial charge in [0.15, 0.2) is 0 Å². The smallest absolute Gasteiger partial charge is 0.244 e. The van der Waals surface area contributed by atoms with E-state index in [0.717, 1.165) is 5.56 Å². The van der Waals surface area contributed by atoms with E-state index in [4.69, 9.17) is 12.2 Å². The van der Waals surface area contributed by atoms with Crippen molar-refractivity contribution in [3.05, 3.63) is 29.8 Å². The average molecular weight is 230 g/mol. The zero-order chi connectivity index (χ0) is 12.9. The highest BCUT2D eigenvalue weighted by molar-refractivity contribution is 5.97. The van der Waals surface area contributed by atoms with E-state index >= 15 is 0 Å². The molecule has 0 heterocycles. The first-order chi connectivity index (χ1) is 8.05. The molecule has 0 spiro atoms. The van der Waals surface area contributed by atoms with Crippen molar-refractivity contribution in [1.82, 2.24) is 0 Å². The fourth-order valence-electron chi connectivity index (χ4n) is 1.51. The van der Waals surface area contributed by atoms with E-state index in [1.807, 2.05) is 19.9 Å². The van der Waals surface area contributed by atoms with Crippen molar-refractivity contribution in [3.8, 4) is 12.3 Å². The number of terminal acetylenes is 1. The number of hydrogen-bond acceptors (Lipinski definition) is 2. The maximum Gasteiger partial charge on any atom is 0.244 e. The predicted molar refractivity (Wildman–Crippen MR) is 70.5 cm³/mol. The second kappa shape index (κ2) is 5.51. The number of carbonyl (C=O) groups excluding carboxylic acids is 1. The Hall–Kier alpha value is -1.79. The van der Waals surface area contributed by atoms with E-state index in [1.54, 1.807) is 18.2 Å². The molecular weight excluding hydrogens is 212 g/mol. The van der Waals surface area contributed by atoms with Gasteiger partial charge in [-0.25, -0.2) is 0 Å². The molecule has 0 bridgehead atoms. The molecule has 3 nitrogen and oxygen atoms in total. The summed E-state index contributed by atoms with van der Waals surface area (Å²) in [4.78, 5) is 12.0. The molecule has 0 saturated carbocycles. The number of hydrogen-bond donors (Lipinski definition) is 2. The molecule has 3 N–H and O–H groups in total. The molecular formula is C14H18N2O. The van der Waals surface area contributed by atoms with Crippen LogP contribution in [0.1, 0.15) is 32.3 Å². The molecule has 3 heteroatoms. The molecule has 0 radical (unpaired) electrons. The van der Waals surface area contributed by atoms with E-state index in [2.05, 4.69) is 11.2 Å². The highest BCUT2D eigenvalue weighted by atomic mass is 16.2. The van der Waals surface area contributed by atoms with Crippen LogP contribution >= 0.6 is 0 Å². The fraction of sp³-hybridized carbons (Fsp3) is 0.357. The Morgan fingerprint density at radius 3 is 2.65 bits per heavy atom. The van der Waals surface area contributed by atoms with E-state index < -0.39 is 5.54 Å². The van der Waals surface area contributed by atoms with Crippen LogP contribution in [0.25, 0.3) is 0 Å². The Balaban J connectivity index is 2.85. The summed E-state index contributed by atoms with van der Waals surface area (Å²) >= 11 is 0. The van der Waals surface area contributed by atoms with Gasteiger partial charge in [0.05, 0.1) is 5.54 Å². The van der Waals surface area contributed by atoms with Crippen LogP contribution < -0.4 is 11.1 Å². The number of nitrogens with one attached hydrogen (secondary N) is 1. The van der Waals surface area contributed by atoms with Gasteiger partial charge in [-0.1, -0.05) is 25.8 Å². The lowest BCUT2D eigenvalue weighted by molar-refractivity contribution is -0.121. The van der Waals surface area contributed by atoms with Crippen molar-refractivity contribution in [2.45, 2.75) is 32.2 Å². The van der Waals surface area contributed by atoms with Gasteiger partial charge in [0.1, 0.15) is 0 Å². The van der Waals surface area contributed by atoms with Gasteiger partial charge in [-0.3, -0.25) is 4.79 Å². The summed E-state index contributed by atoms with van der Waals surface area (Å²) in [6.07, 6.45) is 6.50. The third kappa shape index (κ3) is 3.08. The lowest BCUT2D eigenvalue weighted by Gasteiger charge is -2.25. The second-order valence-electron chi connectivity index (χ2n) is 4.04. The van der Waals surface area contributed by atoms with Crippen LogP contribution in [0.15, 0.2) is 24.3 Å². The summed E-state index contributed by atoms with van der Waals surface area (Å²) in [5.41, 5.74) is 6.61. The molecule has 0 fully saturated rings. The zero-order valence-electron chi connectivity index (χ0n) is 10.3. The molecule has 0 saturated heterocycles. The number of rotatable bonds is 4. The molecule has 0 aliphatic carbocycles. The Kier molecular flexibility index (Phi) is 4.30. The van der Waals surface area contributed by atoms with E-state index in [0.29, 0.717) is 18.5 Å². The average Bonchev–Trinajstić information content (AvgIpc) is 2.37. The summed E-state index contributed by atoms with van der Waals surface area (Å²) in [5, 5.41) is 2.80. The highest BCUT2D eigenvalue weighted by Crippen LogP contribution is 2.16. The molecule has 0 aliphatic heterocycles. The number of nitrogens with two attached hydrogens (primary N) is 1. The fourth-order valence-corrected chi connectivity index (χ4v) is 1.51. The third-order valence-corrected chi connectivity index (χ3v) is 3.00. The second-order valence-corrected chi connectivity index (χ2v) is 4.04. The summed E-state index contributed by atoms with van der Waals surface area (Å²) < 4.78 is 0. The van der Waals surface area contributed by atoms with Gasteiger partial charge < -0.3 is 11.1 Å². The first-order valence-corrected chi connectivity index (χ1v) is 5.72. The summed E-state index contributed by atoms with van der Waals surface area (Å²) in [6.45, 7) is 3.81. The molecule has 0 aliphatic rings. The number of amides is 1. The van der Waals surface area contributed by atoms with Crippen molar-refractivity contribution in [2.75, 3.05) is 5.32 Å². The van der Waals surface area contributed by atoms with Crippen molar-refractivity contribution in [3.63, 3.8) is 0 Å². The molecule has 1 rings (SSSR count). The van der Waals surface area contributed by atoms with Crippen LogP contribution in [-0.4, -0.2) is 11.4 Å². The summed E-state index contributed by atoms with van der Waals surface area (Å²) in [6, 6.07) is 7.17. The molecule has 1 aromatic rings. The highest BCUT2D eigenvalue weighted by Gasteiger charge is 2.29. The minimum Gasteiger partial charge on any atom is -0.324 e. The van der Waals surface area contributed by atoms with Crippen LogP contribution in [0.3, 0.4) is 0 Å². The normalized spacial score (nSPS) is 10.7. The lowest BCUT2D eigenvalue weighted by Crippen LogP contribution is -2.50. The molecule has 0 aromatic heterocycles. The number of carbonyl (C=O) groups is 1. The van der Waals surface area contributed by atoms with Gasteiger partial charge in [-0.15, -0.1) is 6.42 Å². The van der Waals surface area contributed by atoms with Gasteiger partial charge in [-0.05, 0) is 31.0 Å². The SMILES string of the molecule is C#Cc1cccc(NC(=O)C(N)(CC)CC)c1. The van der Waals surface area contributed by atoms with Crippen LogP contribution in [0, 0.1) is 12.3 Å². The molecule has 0 atom stereocenters. The predicted octanol–water partition coefficient (Wildman–Crippen LogP) is 2.12. The largest absolute Gasteiger partial charge is 0.324 e. The maximum atomic E-state index is 12.0. The van der Waals surface area contributed by atoms with Gasteiger partial charge >= 0.3 is 0 Å². The quantitative estimate of drug-likeness (QED) is 0.778. The lowest BCUT2D eigenvalue weighted by atomic mass is 9.93. The Morgan fingerprint density at radius 1 is 1.47 bits per heavy atom. The topological polar surface area (TPSA) is 55.1 Å². The molecule has 1 amide bonds. The zero-order valence-corrected chi connectivity index (χ0v) is 10.3. The van der Waals surface area contributed by atoms with Crippen molar-refractivity contribution in [2.24, 2.45) is 5.73 Å². The van der Waals surface area contributed by atoms with Crippen LogP contribution in [0.2, 0.25) is 0 Å². The van der Waals surface area contributed by atoms with Crippen LogP contribution in [0.5, 0.6) is 0 Å². The first-order valence-electron chi connectivity index (χ1n) is 5.72. The molecule has 1 aromatic carbocycles. The minimum absolute atomic E-state index is 0.170. The summed E-state index contributed by atoms with van der Waals surface area (Å²) in [7, 11) is 0. The Bertz CT molecular complexity index is 442. The minimum atomic E-state index is -0.813. The first kappa shape index (κ1) is 13.3. The Morgan fingerprint density at radius 2 is 2.12 bits per heavy atom. The van der Waals surface area contributed by atoms with Gasteiger partial charge in [0.2, 0.25) is 5.91 Å². The van der Waals surface area contributed by atoms with Crippen LogP contribution in [-0.2, 0) is 4.79 Å². The van der Waals surface area contributed by atoms with E-state index in [-0.39, 0.29) is 5.91 Å². The molecule has 90 valence electrons. The van der Waals surface area contributed by atoms with Crippen molar-refractivity contribution < 1.29 is 4.79 Å². The number of anilines is 1. The van der Waals surface area contributed by atoms with Crippen molar-refractivity contribution in [1.29, 1.82) is 0 Å². The van der Waals surface area contributed by atoms with Crippen molar-refractivity contribution >= 4 is 11.6 Å². The Labute approximate surface area is 102 Å². The van der Waals surface area contributed by atoms with Crippen LogP contribution in [0.4, 0.5) is 5.69 Å². The molecule has 17 heavy (non-hydrogen) atoms. The summed E-state index contributed by atoms with van der Waals surface area (Å²) in [5.74, 6) is 2.36. The van der Waals surface area contributed by atoms with E-state index in [1.165, 1.54) is 0 Å². The standard InChI is InChI=1S/C14H18N2O/c1-4-11-8-7-9-12(10-11)16-13(17)14(15,5-2)6-3/h1,7-10H,5-6,15H2,2-3H3,(H,16,17). The van der Waals surface area contributed by atoms with Gasteiger partial charge in [0, 0.05) is 11.3 Å². The van der Waals surface area contributed by atoms with Gasteiger partial charge in [0.25, 0.3) is 0 Å². The monoisotopic (exact) mass is 230 g/mol. The number of benzene rings is 1. The van der Waals surface area contributed by atoms with E-state index in [9.17, 15) is 4.79 Å². The maximum absolute atomic E-state index is 12.0. The van der Waals surface area contributed by atoms with Gasteiger partial charge in [-0.2, -0.15) is 0 Å².